The Hall–Kier alpha value is -1.31. The van der Waals surface area contributed by atoms with E-state index in [-0.39, 0.29) is 11.6 Å². The number of nitrogens with two attached hydrogens (primary N) is 1. The summed E-state index contributed by atoms with van der Waals surface area (Å²) in [7, 11) is 1.85. The highest BCUT2D eigenvalue weighted by atomic mass is 32.1. The van der Waals surface area contributed by atoms with Crippen LogP contribution in [0.15, 0.2) is 12.3 Å². The van der Waals surface area contributed by atoms with Crippen LogP contribution in [0.3, 0.4) is 0 Å². The van der Waals surface area contributed by atoms with Crippen LogP contribution in [0.5, 0.6) is 0 Å². The summed E-state index contributed by atoms with van der Waals surface area (Å²) < 4.78 is 5.15. The highest BCUT2D eigenvalue weighted by Gasteiger charge is 2.06. The zero-order valence-corrected chi connectivity index (χ0v) is 10.5. The number of hydrogen-bond donors (Lipinski definition) is 2. The molecule has 0 atom stereocenters. The molecule has 0 aliphatic heterocycles. The normalized spacial score (nSPS) is 10.2. The molecular formula is C10H16N4O2S. The monoisotopic (exact) mass is 256 g/mol. The lowest BCUT2D eigenvalue weighted by molar-refractivity contribution is 0.0970. The van der Waals surface area contributed by atoms with Gasteiger partial charge in [-0.1, -0.05) is 12.2 Å². The van der Waals surface area contributed by atoms with Crippen molar-refractivity contribution in [2.24, 2.45) is 5.73 Å². The number of thiocarbonyl (C=S) groups is 1. The van der Waals surface area contributed by atoms with Crippen LogP contribution in [0.1, 0.15) is 5.69 Å². The Morgan fingerprint density at radius 2 is 2.35 bits per heavy atom. The number of aliphatic hydroxyl groups excluding tert-OH is 1. The Morgan fingerprint density at radius 3 is 3.00 bits per heavy atom. The van der Waals surface area contributed by atoms with Gasteiger partial charge >= 0.3 is 0 Å². The third kappa shape index (κ3) is 4.59. The molecule has 0 bridgehead atoms. The number of aliphatic hydroxyl groups is 1. The summed E-state index contributed by atoms with van der Waals surface area (Å²) in [5.74, 6) is 0.544. The molecule has 17 heavy (non-hydrogen) atoms. The van der Waals surface area contributed by atoms with Gasteiger partial charge in [-0.15, -0.1) is 0 Å². The third-order valence-corrected chi connectivity index (χ3v) is 2.25. The number of nitrogens with zero attached hydrogens (tertiary/aromatic N) is 3. The first-order valence-electron chi connectivity index (χ1n) is 5.17. The quantitative estimate of drug-likeness (QED) is 0.505. The van der Waals surface area contributed by atoms with Gasteiger partial charge in [0.05, 0.1) is 19.8 Å². The average Bonchev–Trinajstić information content (AvgIpc) is 2.34. The molecule has 1 aromatic rings. The molecule has 7 heteroatoms. The Labute approximate surface area is 105 Å². The first-order chi connectivity index (χ1) is 8.15. The van der Waals surface area contributed by atoms with E-state index in [2.05, 4.69) is 9.97 Å². The van der Waals surface area contributed by atoms with Crippen LogP contribution in [-0.4, -0.2) is 53.5 Å². The lowest BCUT2D eigenvalue weighted by Crippen LogP contribution is -2.26. The van der Waals surface area contributed by atoms with E-state index in [4.69, 9.17) is 27.8 Å². The van der Waals surface area contributed by atoms with E-state index in [1.807, 2.05) is 11.9 Å². The summed E-state index contributed by atoms with van der Waals surface area (Å²) in [6.45, 7) is 1.48. The van der Waals surface area contributed by atoms with E-state index in [1.54, 1.807) is 12.3 Å². The Balaban J connectivity index is 2.53. The maximum absolute atomic E-state index is 8.55. The Bertz CT molecular complexity index is 375. The number of aromatic nitrogens is 2. The molecule has 0 spiro atoms. The van der Waals surface area contributed by atoms with E-state index in [1.165, 1.54) is 0 Å². The minimum atomic E-state index is 0.0249. The predicted molar refractivity (Wildman–Crippen MR) is 69.1 cm³/mol. The van der Waals surface area contributed by atoms with Crippen molar-refractivity contribution in [1.82, 2.24) is 9.97 Å². The van der Waals surface area contributed by atoms with Gasteiger partial charge < -0.3 is 20.5 Å². The highest BCUT2D eigenvalue weighted by molar-refractivity contribution is 7.80. The van der Waals surface area contributed by atoms with E-state index >= 15 is 0 Å². The number of ether oxygens (including phenoxy) is 1. The molecule has 3 N–H and O–H groups in total. The fraction of sp³-hybridized carbons (Fsp3) is 0.500. The first-order valence-corrected chi connectivity index (χ1v) is 5.58. The van der Waals surface area contributed by atoms with E-state index in [0.717, 1.165) is 0 Å². The van der Waals surface area contributed by atoms with Crippen LogP contribution in [0.2, 0.25) is 0 Å². The summed E-state index contributed by atoms with van der Waals surface area (Å²) in [5, 5.41) is 8.55. The summed E-state index contributed by atoms with van der Waals surface area (Å²) in [5.41, 5.74) is 6.04. The second kappa shape index (κ2) is 7.10. The molecule has 0 saturated carbocycles. The molecule has 0 aliphatic carbocycles. The molecule has 0 radical (unpaired) electrons. The second-order valence-electron chi connectivity index (χ2n) is 3.36. The van der Waals surface area contributed by atoms with Crippen molar-refractivity contribution in [2.75, 3.05) is 38.3 Å². The molecular weight excluding hydrogens is 240 g/mol. The third-order valence-electron chi connectivity index (χ3n) is 2.04. The van der Waals surface area contributed by atoms with Gasteiger partial charge in [0.25, 0.3) is 0 Å². The topological polar surface area (TPSA) is 84.5 Å². The zero-order chi connectivity index (χ0) is 12.7. The standard InChI is InChI=1S/C10H16N4O2S/c1-14(4-6-16-7-5-15)10-12-3-2-8(13-10)9(11)17/h2-3,15H,4-7H2,1H3,(H2,11,17). The first kappa shape index (κ1) is 13.8. The minimum Gasteiger partial charge on any atom is -0.394 e. The van der Waals surface area contributed by atoms with Gasteiger partial charge in [0.2, 0.25) is 5.95 Å². The van der Waals surface area contributed by atoms with Crippen molar-refractivity contribution in [3.05, 3.63) is 18.0 Å². The average molecular weight is 256 g/mol. The van der Waals surface area contributed by atoms with Crippen molar-refractivity contribution >= 4 is 23.2 Å². The van der Waals surface area contributed by atoms with Gasteiger partial charge in [-0.3, -0.25) is 0 Å². The largest absolute Gasteiger partial charge is 0.394 e. The van der Waals surface area contributed by atoms with Gasteiger partial charge in [0, 0.05) is 19.8 Å². The molecule has 0 unspecified atom stereocenters. The maximum Gasteiger partial charge on any atom is 0.225 e. The lowest BCUT2D eigenvalue weighted by atomic mass is 10.4. The molecule has 0 fully saturated rings. The molecule has 1 rings (SSSR count). The smallest absolute Gasteiger partial charge is 0.225 e. The fourth-order valence-corrected chi connectivity index (χ4v) is 1.25. The van der Waals surface area contributed by atoms with Gasteiger partial charge in [0.15, 0.2) is 0 Å². The highest BCUT2D eigenvalue weighted by Crippen LogP contribution is 2.05. The SMILES string of the molecule is CN(CCOCCO)c1nccc(C(N)=S)n1. The molecule has 6 nitrogen and oxygen atoms in total. The Morgan fingerprint density at radius 1 is 1.59 bits per heavy atom. The molecule has 1 heterocycles. The van der Waals surface area contributed by atoms with Gasteiger partial charge in [-0.05, 0) is 6.07 Å². The number of anilines is 1. The number of hydrogen-bond acceptors (Lipinski definition) is 6. The summed E-state index contributed by atoms with van der Waals surface area (Å²) in [6.07, 6.45) is 1.61. The maximum atomic E-state index is 8.55. The van der Waals surface area contributed by atoms with Crippen molar-refractivity contribution in [2.45, 2.75) is 0 Å². The molecule has 0 saturated heterocycles. The van der Waals surface area contributed by atoms with Crippen molar-refractivity contribution in [1.29, 1.82) is 0 Å². The summed E-state index contributed by atoms with van der Waals surface area (Å²) in [6, 6.07) is 1.67. The summed E-state index contributed by atoms with van der Waals surface area (Å²) in [4.78, 5) is 10.4. The van der Waals surface area contributed by atoms with Crippen LogP contribution in [0.25, 0.3) is 0 Å². The molecule has 94 valence electrons. The fourth-order valence-electron chi connectivity index (χ4n) is 1.14. The summed E-state index contributed by atoms with van der Waals surface area (Å²) >= 11 is 4.85. The molecule has 0 aliphatic rings. The van der Waals surface area contributed by atoms with Crippen LogP contribution in [0, 0.1) is 0 Å². The van der Waals surface area contributed by atoms with Crippen LogP contribution >= 0.6 is 12.2 Å². The van der Waals surface area contributed by atoms with Gasteiger partial charge in [0.1, 0.15) is 10.7 Å². The number of likely N-dealkylation sites (N-methyl/N-ethyl adjacent to an activating group) is 1. The molecule has 0 amide bonds. The predicted octanol–water partition coefficient (Wildman–Crippen LogP) is -0.444. The van der Waals surface area contributed by atoms with Gasteiger partial charge in [-0.2, -0.15) is 0 Å². The van der Waals surface area contributed by atoms with Crippen molar-refractivity contribution in [3.8, 4) is 0 Å². The second-order valence-corrected chi connectivity index (χ2v) is 3.80. The Kier molecular flexibility index (Phi) is 5.75. The molecule has 0 aromatic carbocycles. The van der Waals surface area contributed by atoms with E-state index < -0.39 is 0 Å². The lowest BCUT2D eigenvalue weighted by Gasteiger charge is -2.17. The number of rotatable bonds is 7. The van der Waals surface area contributed by atoms with E-state index in [0.29, 0.717) is 31.4 Å². The van der Waals surface area contributed by atoms with Crippen molar-refractivity contribution < 1.29 is 9.84 Å². The van der Waals surface area contributed by atoms with Crippen LogP contribution < -0.4 is 10.6 Å². The molecule has 1 aromatic heterocycles. The van der Waals surface area contributed by atoms with Crippen LogP contribution in [0.4, 0.5) is 5.95 Å². The zero-order valence-electron chi connectivity index (χ0n) is 9.67. The van der Waals surface area contributed by atoms with E-state index in [9.17, 15) is 0 Å². The van der Waals surface area contributed by atoms with Crippen LogP contribution in [-0.2, 0) is 4.74 Å². The minimum absolute atomic E-state index is 0.0249. The van der Waals surface area contributed by atoms with Crippen molar-refractivity contribution in [3.63, 3.8) is 0 Å². The van der Waals surface area contributed by atoms with Gasteiger partial charge in [-0.25, -0.2) is 9.97 Å².